The van der Waals surface area contributed by atoms with Crippen molar-refractivity contribution in [3.63, 3.8) is 0 Å². The molecule has 6 nitrogen and oxygen atoms in total. The number of likely N-dealkylation sites (N-methyl/N-ethyl adjacent to an activating group) is 1. The van der Waals surface area contributed by atoms with E-state index < -0.39 is 0 Å². The summed E-state index contributed by atoms with van der Waals surface area (Å²) < 4.78 is 4.98. The number of carbonyl (C=O) groups is 1. The number of hydrogen-bond acceptors (Lipinski definition) is 5. The number of nitrogens with one attached hydrogen (secondary N) is 1. The fourth-order valence-electron chi connectivity index (χ4n) is 2.14. The smallest absolute Gasteiger partial charge is 0.255 e. The highest BCUT2D eigenvalue weighted by Crippen LogP contribution is 2.12. The number of aromatic nitrogens is 1. The fraction of sp³-hybridized carbons (Fsp3) is 0.571. The number of ether oxygens (including phenoxy) is 1. The van der Waals surface area contributed by atoms with E-state index in [1.807, 2.05) is 11.0 Å². The minimum atomic E-state index is 0.0565. The molecule has 1 fully saturated rings. The molecule has 0 spiro atoms. The van der Waals surface area contributed by atoms with Crippen LogP contribution in [-0.2, 0) is 4.74 Å². The van der Waals surface area contributed by atoms with Gasteiger partial charge in [-0.3, -0.25) is 9.78 Å². The van der Waals surface area contributed by atoms with Crippen molar-refractivity contribution in [3.8, 4) is 0 Å². The molecule has 0 unspecified atom stereocenters. The highest BCUT2D eigenvalue weighted by Gasteiger charge is 2.20. The lowest BCUT2D eigenvalue weighted by Crippen LogP contribution is -2.47. The molecule has 0 aliphatic carbocycles. The molecule has 6 heteroatoms. The van der Waals surface area contributed by atoms with E-state index >= 15 is 0 Å². The molecule has 1 aliphatic rings. The summed E-state index contributed by atoms with van der Waals surface area (Å²) >= 11 is 0. The molecular formula is C14H22N4O2. The number of rotatable bonds is 5. The summed E-state index contributed by atoms with van der Waals surface area (Å²) in [5.74, 6) is 0.0565. The van der Waals surface area contributed by atoms with Crippen LogP contribution in [0.2, 0.25) is 0 Å². The average molecular weight is 278 g/mol. The monoisotopic (exact) mass is 278 g/mol. The number of nitrogens with zero attached hydrogens (tertiary/aromatic N) is 3. The highest BCUT2D eigenvalue weighted by atomic mass is 16.5. The molecular weight excluding hydrogens is 256 g/mol. The first-order valence-electron chi connectivity index (χ1n) is 6.86. The molecule has 2 rings (SSSR count). The Morgan fingerprint density at radius 1 is 1.35 bits per heavy atom. The molecule has 110 valence electrons. The fourth-order valence-corrected chi connectivity index (χ4v) is 2.14. The Balaban J connectivity index is 1.97. The quantitative estimate of drug-likeness (QED) is 0.796. The van der Waals surface area contributed by atoms with Gasteiger partial charge in [0.05, 0.1) is 17.9 Å². The number of carbonyl (C=O) groups excluding carboxylic acids is 1. The van der Waals surface area contributed by atoms with E-state index in [2.05, 4.69) is 22.2 Å². The Bertz CT molecular complexity index is 445. The summed E-state index contributed by atoms with van der Waals surface area (Å²) in [4.78, 5) is 20.6. The van der Waals surface area contributed by atoms with Crippen molar-refractivity contribution in [2.24, 2.45) is 0 Å². The van der Waals surface area contributed by atoms with Gasteiger partial charge in [-0.1, -0.05) is 0 Å². The number of methoxy groups -OCH3 is 1. The van der Waals surface area contributed by atoms with E-state index in [1.54, 1.807) is 19.5 Å². The molecule has 1 aliphatic heterocycles. The summed E-state index contributed by atoms with van der Waals surface area (Å²) in [5.41, 5.74) is 1.49. The zero-order valence-corrected chi connectivity index (χ0v) is 12.1. The molecule has 0 atom stereocenters. The molecule has 1 amide bonds. The normalized spacial score (nSPS) is 16.2. The summed E-state index contributed by atoms with van der Waals surface area (Å²) in [7, 11) is 3.73. The second-order valence-corrected chi connectivity index (χ2v) is 4.98. The number of amides is 1. The van der Waals surface area contributed by atoms with Gasteiger partial charge in [0.15, 0.2) is 0 Å². The van der Waals surface area contributed by atoms with Crippen molar-refractivity contribution in [2.45, 2.75) is 0 Å². The molecule has 20 heavy (non-hydrogen) atoms. The van der Waals surface area contributed by atoms with Crippen molar-refractivity contribution in [1.29, 1.82) is 0 Å². The molecule has 2 heterocycles. The third kappa shape index (κ3) is 3.91. The predicted octanol–water partition coefficient (Wildman–Crippen LogP) is 0.528. The second kappa shape index (κ2) is 7.21. The van der Waals surface area contributed by atoms with Crippen LogP contribution in [0.3, 0.4) is 0 Å². The van der Waals surface area contributed by atoms with Crippen LogP contribution in [0.4, 0.5) is 5.69 Å². The van der Waals surface area contributed by atoms with Gasteiger partial charge >= 0.3 is 0 Å². The zero-order valence-electron chi connectivity index (χ0n) is 12.1. The largest absolute Gasteiger partial charge is 0.383 e. The standard InChI is InChI=1S/C14H22N4O2/c1-17-4-6-18(7-5-17)14(19)12-9-13(11-15-10-12)16-3-8-20-2/h9-11,16H,3-8H2,1-2H3. The van der Waals surface area contributed by atoms with Crippen molar-refractivity contribution in [1.82, 2.24) is 14.8 Å². The first kappa shape index (κ1) is 14.7. The van der Waals surface area contributed by atoms with Gasteiger partial charge in [-0.05, 0) is 13.1 Å². The van der Waals surface area contributed by atoms with Crippen molar-refractivity contribution >= 4 is 11.6 Å². The average Bonchev–Trinajstić information content (AvgIpc) is 2.48. The Kier molecular flexibility index (Phi) is 5.31. The molecule has 1 aromatic rings. The molecule has 1 saturated heterocycles. The molecule has 0 radical (unpaired) electrons. The van der Waals surface area contributed by atoms with E-state index in [-0.39, 0.29) is 5.91 Å². The Hall–Kier alpha value is -1.66. The highest BCUT2D eigenvalue weighted by molar-refractivity contribution is 5.94. The van der Waals surface area contributed by atoms with Crippen LogP contribution in [0.1, 0.15) is 10.4 Å². The predicted molar refractivity (Wildman–Crippen MR) is 78.0 cm³/mol. The van der Waals surface area contributed by atoms with Crippen molar-refractivity contribution < 1.29 is 9.53 Å². The zero-order chi connectivity index (χ0) is 14.4. The van der Waals surface area contributed by atoms with Gasteiger partial charge in [0.25, 0.3) is 5.91 Å². The number of hydrogen-bond donors (Lipinski definition) is 1. The Labute approximate surface area is 119 Å². The molecule has 0 saturated carbocycles. The van der Waals surface area contributed by atoms with Gasteiger partial charge in [0.2, 0.25) is 0 Å². The Morgan fingerprint density at radius 3 is 2.80 bits per heavy atom. The van der Waals surface area contributed by atoms with E-state index in [1.165, 1.54) is 0 Å². The lowest BCUT2D eigenvalue weighted by molar-refractivity contribution is 0.0663. The van der Waals surface area contributed by atoms with Crippen LogP contribution in [0.25, 0.3) is 0 Å². The number of pyridine rings is 1. The maximum absolute atomic E-state index is 12.4. The van der Waals surface area contributed by atoms with Crippen LogP contribution in [0, 0.1) is 0 Å². The number of piperazine rings is 1. The van der Waals surface area contributed by atoms with Gasteiger partial charge in [-0.2, -0.15) is 0 Å². The summed E-state index contributed by atoms with van der Waals surface area (Å²) in [6, 6.07) is 1.85. The second-order valence-electron chi connectivity index (χ2n) is 4.98. The van der Waals surface area contributed by atoms with E-state index in [0.29, 0.717) is 18.7 Å². The Morgan fingerprint density at radius 2 is 2.10 bits per heavy atom. The summed E-state index contributed by atoms with van der Waals surface area (Å²) in [6.07, 6.45) is 3.35. The molecule has 0 bridgehead atoms. The van der Waals surface area contributed by atoms with Crippen molar-refractivity contribution in [3.05, 3.63) is 24.0 Å². The lowest BCUT2D eigenvalue weighted by atomic mass is 10.2. The van der Waals surface area contributed by atoms with E-state index in [0.717, 1.165) is 31.9 Å². The first-order chi connectivity index (χ1) is 9.70. The first-order valence-corrected chi connectivity index (χ1v) is 6.86. The maximum Gasteiger partial charge on any atom is 0.255 e. The maximum atomic E-state index is 12.4. The van der Waals surface area contributed by atoms with Crippen LogP contribution in [0.15, 0.2) is 18.5 Å². The van der Waals surface area contributed by atoms with Crippen LogP contribution in [-0.4, -0.2) is 74.2 Å². The SMILES string of the molecule is COCCNc1cncc(C(=O)N2CCN(C)CC2)c1. The summed E-state index contributed by atoms with van der Waals surface area (Å²) in [6.45, 7) is 4.71. The van der Waals surface area contributed by atoms with E-state index in [4.69, 9.17) is 4.74 Å². The van der Waals surface area contributed by atoms with Gasteiger partial charge in [0.1, 0.15) is 0 Å². The lowest BCUT2D eigenvalue weighted by Gasteiger charge is -2.32. The van der Waals surface area contributed by atoms with Crippen LogP contribution in [0.5, 0.6) is 0 Å². The minimum Gasteiger partial charge on any atom is -0.383 e. The van der Waals surface area contributed by atoms with Gasteiger partial charge < -0.3 is 19.9 Å². The topological polar surface area (TPSA) is 57.7 Å². The van der Waals surface area contributed by atoms with Crippen molar-refractivity contribution in [2.75, 3.05) is 58.8 Å². The minimum absolute atomic E-state index is 0.0565. The van der Waals surface area contributed by atoms with E-state index in [9.17, 15) is 4.79 Å². The number of anilines is 1. The van der Waals surface area contributed by atoms with Gasteiger partial charge in [-0.25, -0.2) is 0 Å². The third-order valence-corrected chi connectivity index (χ3v) is 3.41. The van der Waals surface area contributed by atoms with Gasteiger partial charge in [-0.15, -0.1) is 0 Å². The molecule has 1 N–H and O–H groups in total. The van der Waals surface area contributed by atoms with Gasteiger partial charge in [0, 0.05) is 52.2 Å². The van der Waals surface area contributed by atoms with Crippen LogP contribution >= 0.6 is 0 Å². The molecule has 1 aromatic heterocycles. The molecule has 0 aromatic carbocycles. The third-order valence-electron chi connectivity index (χ3n) is 3.41. The van der Waals surface area contributed by atoms with Crippen LogP contribution < -0.4 is 5.32 Å². The summed E-state index contributed by atoms with van der Waals surface area (Å²) in [5, 5.41) is 3.18.